The Morgan fingerprint density at radius 1 is 1.19 bits per heavy atom. The van der Waals surface area contributed by atoms with Crippen molar-refractivity contribution in [2.75, 3.05) is 39.6 Å². The largest absolute Gasteiger partial charge is 0.378 e. The van der Waals surface area contributed by atoms with Crippen LogP contribution >= 0.6 is 0 Å². The standard InChI is InChI=1S/C17H29N3O/c1-13(2)11-17(21)18-12-16(20(5)6)14-7-9-15(10-8-14)19(3)4/h7-10,13,16H,11-12H2,1-6H3,(H,18,21)/p+1/t16-/m0/s1. The molecule has 1 aromatic carbocycles. The van der Waals surface area contributed by atoms with E-state index in [1.54, 1.807) is 0 Å². The summed E-state index contributed by atoms with van der Waals surface area (Å²) in [5.74, 6) is 0.538. The van der Waals surface area contributed by atoms with Crippen molar-refractivity contribution >= 4 is 11.6 Å². The molecular formula is C17H30N3O+. The molecule has 1 aromatic rings. The van der Waals surface area contributed by atoms with E-state index in [4.69, 9.17) is 0 Å². The molecule has 0 aliphatic carbocycles. The Morgan fingerprint density at radius 2 is 1.76 bits per heavy atom. The van der Waals surface area contributed by atoms with Gasteiger partial charge in [-0.1, -0.05) is 26.0 Å². The van der Waals surface area contributed by atoms with Gasteiger partial charge in [-0.15, -0.1) is 0 Å². The van der Waals surface area contributed by atoms with Crippen LogP contribution in [0.4, 0.5) is 5.69 Å². The third-order valence-corrected chi connectivity index (χ3v) is 3.61. The van der Waals surface area contributed by atoms with Crippen LogP contribution in [0.25, 0.3) is 0 Å². The molecule has 0 bridgehead atoms. The second-order valence-corrected chi connectivity index (χ2v) is 6.52. The molecule has 1 amide bonds. The van der Waals surface area contributed by atoms with Gasteiger partial charge in [0.1, 0.15) is 6.04 Å². The normalized spacial score (nSPS) is 12.6. The lowest BCUT2D eigenvalue weighted by Crippen LogP contribution is -3.07. The Bertz CT molecular complexity index is 438. The number of likely N-dealkylation sites (N-methyl/N-ethyl adjacent to an activating group) is 1. The second-order valence-electron chi connectivity index (χ2n) is 6.52. The van der Waals surface area contributed by atoms with Crippen molar-refractivity contribution in [2.45, 2.75) is 26.3 Å². The fourth-order valence-electron chi connectivity index (χ4n) is 2.32. The highest BCUT2D eigenvalue weighted by atomic mass is 16.1. The summed E-state index contributed by atoms with van der Waals surface area (Å²) < 4.78 is 0. The maximum Gasteiger partial charge on any atom is 0.220 e. The number of nitrogens with zero attached hydrogens (tertiary/aromatic N) is 1. The van der Waals surface area contributed by atoms with Crippen LogP contribution in [-0.4, -0.2) is 40.6 Å². The molecule has 1 atom stereocenters. The van der Waals surface area contributed by atoms with Crippen molar-refractivity contribution in [3.8, 4) is 0 Å². The molecule has 0 unspecified atom stereocenters. The third kappa shape index (κ3) is 5.76. The number of nitrogens with one attached hydrogen (secondary N) is 2. The van der Waals surface area contributed by atoms with Crippen LogP contribution in [0.5, 0.6) is 0 Å². The first-order valence-electron chi connectivity index (χ1n) is 7.65. The van der Waals surface area contributed by atoms with Crippen LogP contribution in [0.15, 0.2) is 24.3 Å². The molecule has 1 rings (SSSR count). The van der Waals surface area contributed by atoms with Gasteiger partial charge in [0.25, 0.3) is 0 Å². The van der Waals surface area contributed by atoms with Crippen LogP contribution < -0.4 is 15.1 Å². The van der Waals surface area contributed by atoms with Gasteiger partial charge in [0.2, 0.25) is 5.91 Å². The summed E-state index contributed by atoms with van der Waals surface area (Å²) in [7, 11) is 8.32. The van der Waals surface area contributed by atoms with Crippen molar-refractivity contribution in [1.29, 1.82) is 0 Å². The van der Waals surface area contributed by atoms with Crippen molar-refractivity contribution in [2.24, 2.45) is 5.92 Å². The molecule has 2 N–H and O–H groups in total. The van der Waals surface area contributed by atoms with Gasteiger partial charge in [-0.25, -0.2) is 0 Å². The highest BCUT2D eigenvalue weighted by Gasteiger charge is 2.19. The molecule has 0 saturated heterocycles. The molecular weight excluding hydrogens is 262 g/mol. The molecule has 0 fully saturated rings. The third-order valence-electron chi connectivity index (χ3n) is 3.61. The predicted octanol–water partition coefficient (Wildman–Crippen LogP) is 1.10. The number of anilines is 1. The molecule has 0 aromatic heterocycles. The van der Waals surface area contributed by atoms with Gasteiger partial charge in [-0.2, -0.15) is 0 Å². The summed E-state index contributed by atoms with van der Waals surface area (Å²) >= 11 is 0. The van der Waals surface area contributed by atoms with Crippen LogP contribution in [0.2, 0.25) is 0 Å². The molecule has 0 aliphatic heterocycles. The average molecular weight is 292 g/mol. The number of benzene rings is 1. The Labute approximate surface area is 129 Å². The molecule has 21 heavy (non-hydrogen) atoms. The van der Waals surface area contributed by atoms with Gasteiger partial charge in [0, 0.05) is 31.8 Å². The minimum atomic E-state index is 0.140. The van der Waals surface area contributed by atoms with E-state index in [1.807, 2.05) is 14.1 Å². The zero-order valence-electron chi connectivity index (χ0n) is 14.2. The minimum absolute atomic E-state index is 0.140. The van der Waals surface area contributed by atoms with Crippen LogP contribution in [0, 0.1) is 5.92 Å². The first-order valence-corrected chi connectivity index (χ1v) is 7.65. The fraction of sp³-hybridized carbons (Fsp3) is 0.588. The van der Waals surface area contributed by atoms with E-state index in [1.165, 1.54) is 16.2 Å². The maximum absolute atomic E-state index is 11.8. The smallest absolute Gasteiger partial charge is 0.220 e. The Balaban J connectivity index is 2.71. The molecule has 4 heteroatoms. The molecule has 0 aliphatic rings. The Hall–Kier alpha value is -1.55. The van der Waals surface area contributed by atoms with Gasteiger partial charge >= 0.3 is 0 Å². The van der Waals surface area contributed by atoms with E-state index >= 15 is 0 Å². The van der Waals surface area contributed by atoms with Crippen molar-refractivity contribution in [1.82, 2.24) is 5.32 Å². The number of carbonyl (C=O) groups is 1. The monoisotopic (exact) mass is 292 g/mol. The quantitative estimate of drug-likeness (QED) is 0.790. The molecule has 4 nitrogen and oxygen atoms in total. The van der Waals surface area contributed by atoms with Gasteiger partial charge in [-0.05, 0) is 18.1 Å². The number of carbonyl (C=O) groups excluding carboxylic acids is 1. The lowest BCUT2D eigenvalue weighted by molar-refractivity contribution is -0.890. The first kappa shape index (κ1) is 17.5. The first-order chi connectivity index (χ1) is 9.81. The van der Waals surface area contributed by atoms with E-state index < -0.39 is 0 Å². The van der Waals surface area contributed by atoms with E-state index in [0.29, 0.717) is 18.9 Å². The van der Waals surface area contributed by atoms with Crippen LogP contribution in [-0.2, 0) is 4.79 Å². The zero-order valence-corrected chi connectivity index (χ0v) is 14.2. The molecule has 0 heterocycles. The number of rotatable bonds is 7. The van der Waals surface area contributed by atoms with Gasteiger partial charge < -0.3 is 15.1 Å². The van der Waals surface area contributed by atoms with Crippen LogP contribution in [0.1, 0.15) is 31.9 Å². The Kier molecular flexibility index (Phi) is 6.69. The number of quaternary nitrogens is 1. The van der Waals surface area contributed by atoms with Gasteiger partial charge in [0.05, 0.1) is 20.6 Å². The summed E-state index contributed by atoms with van der Waals surface area (Å²) in [5.41, 5.74) is 2.44. The van der Waals surface area contributed by atoms with Gasteiger partial charge in [-0.3, -0.25) is 4.79 Å². The topological polar surface area (TPSA) is 36.8 Å². The lowest BCUT2D eigenvalue weighted by Gasteiger charge is -2.23. The molecule has 0 radical (unpaired) electrons. The van der Waals surface area contributed by atoms with E-state index in [2.05, 4.69) is 62.4 Å². The SMILES string of the molecule is CC(C)CC(=O)NC[C@@H](c1ccc(N(C)C)cc1)[NH+](C)C. The average Bonchev–Trinajstić information content (AvgIpc) is 2.38. The van der Waals surface area contributed by atoms with Crippen molar-refractivity contribution < 1.29 is 9.69 Å². The predicted molar refractivity (Wildman–Crippen MR) is 88.8 cm³/mol. The molecule has 118 valence electrons. The number of amides is 1. The second kappa shape index (κ2) is 8.03. The number of hydrogen-bond acceptors (Lipinski definition) is 2. The summed E-state index contributed by atoms with van der Waals surface area (Å²) in [6, 6.07) is 8.84. The zero-order chi connectivity index (χ0) is 16.0. The van der Waals surface area contributed by atoms with Gasteiger partial charge in [0.15, 0.2) is 0 Å². The maximum atomic E-state index is 11.8. The lowest BCUT2D eigenvalue weighted by atomic mass is 10.0. The summed E-state index contributed by atoms with van der Waals surface area (Å²) in [5, 5.41) is 3.06. The van der Waals surface area contributed by atoms with Crippen LogP contribution in [0.3, 0.4) is 0 Å². The molecule has 0 spiro atoms. The summed E-state index contributed by atoms with van der Waals surface area (Å²) in [6.07, 6.45) is 0.592. The fourth-order valence-corrected chi connectivity index (χ4v) is 2.32. The Morgan fingerprint density at radius 3 is 2.19 bits per heavy atom. The summed E-state index contributed by atoms with van der Waals surface area (Å²) in [6.45, 7) is 4.80. The molecule has 0 saturated carbocycles. The van der Waals surface area contributed by atoms with E-state index in [9.17, 15) is 4.79 Å². The summed E-state index contributed by atoms with van der Waals surface area (Å²) in [4.78, 5) is 15.2. The highest BCUT2D eigenvalue weighted by Crippen LogP contribution is 2.16. The van der Waals surface area contributed by atoms with E-state index in [-0.39, 0.29) is 11.9 Å². The van der Waals surface area contributed by atoms with E-state index in [0.717, 1.165) is 0 Å². The van der Waals surface area contributed by atoms with Crippen molar-refractivity contribution in [3.63, 3.8) is 0 Å². The number of hydrogen-bond donors (Lipinski definition) is 2. The highest BCUT2D eigenvalue weighted by molar-refractivity contribution is 5.76. The van der Waals surface area contributed by atoms with Crippen molar-refractivity contribution in [3.05, 3.63) is 29.8 Å². The minimum Gasteiger partial charge on any atom is -0.378 e.